The lowest BCUT2D eigenvalue weighted by atomic mass is 9.35. The van der Waals surface area contributed by atoms with Crippen molar-refractivity contribution >= 4 is 0 Å². The van der Waals surface area contributed by atoms with Crippen molar-refractivity contribution in [3.8, 4) is 0 Å². The van der Waals surface area contributed by atoms with E-state index in [0.29, 0.717) is 32.1 Å². The van der Waals surface area contributed by atoms with Crippen molar-refractivity contribution in [2.24, 2.45) is 44.3 Å². The molecular formula is C54H88O22. The van der Waals surface area contributed by atoms with Gasteiger partial charge in [0.15, 0.2) is 25.2 Å². The zero-order chi connectivity index (χ0) is 55.6. The van der Waals surface area contributed by atoms with Crippen LogP contribution in [0.1, 0.15) is 107 Å². The van der Waals surface area contributed by atoms with Gasteiger partial charge in [0.05, 0.1) is 50.8 Å². The Balaban J connectivity index is 1.01. The first-order valence-corrected chi connectivity index (χ1v) is 27.5. The van der Waals surface area contributed by atoms with E-state index in [-0.39, 0.29) is 35.9 Å². The van der Waals surface area contributed by atoms with E-state index in [1.165, 1.54) is 25.0 Å². The monoisotopic (exact) mass is 1090 g/mol. The molecule has 4 saturated heterocycles. The third-order valence-electron chi connectivity index (χ3n) is 21.0. The largest absolute Gasteiger partial charge is 0.396 e. The molecule has 9 rings (SSSR count). The molecule has 3 saturated carbocycles. The molecule has 0 aromatic rings. The molecule has 0 unspecified atom stereocenters. The molecule has 29 atom stereocenters. The van der Waals surface area contributed by atoms with Crippen LogP contribution >= 0.6 is 0 Å². The third kappa shape index (κ3) is 9.34. The Bertz CT molecular complexity index is 2110. The molecule has 0 aromatic carbocycles. The molecule has 0 radical (unpaired) electrons. The van der Waals surface area contributed by atoms with E-state index in [4.69, 9.17) is 37.9 Å². The number of allylic oxidation sites excluding steroid dienone is 3. The van der Waals surface area contributed by atoms with Crippen LogP contribution in [0.15, 0.2) is 23.3 Å². The van der Waals surface area contributed by atoms with Crippen molar-refractivity contribution in [2.45, 2.75) is 242 Å². The van der Waals surface area contributed by atoms with Gasteiger partial charge in [0.2, 0.25) is 0 Å². The molecule has 76 heavy (non-hydrogen) atoms. The van der Waals surface area contributed by atoms with Crippen LogP contribution < -0.4 is 0 Å². The minimum absolute atomic E-state index is 0.000158. The lowest BCUT2D eigenvalue weighted by molar-refractivity contribution is -0.402. The quantitative estimate of drug-likeness (QED) is 0.0975. The highest BCUT2D eigenvalue weighted by atomic mass is 16.8. The molecule has 7 fully saturated rings. The van der Waals surface area contributed by atoms with Crippen LogP contribution in [0.3, 0.4) is 0 Å². The molecule has 9 aliphatic rings. The summed E-state index contributed by atoms with van der Waals surface area (Å²) in [4.78, 5) is 0. The van der Waals surface area contributed by atoms with Gasteiger partial charge in [-0.2, -0.15) is 0 Å². The van der Waals surface area contributed by atoms with E-state index in [9.17, 15) is 71.5 Å². The summed E-state index contributed by atoms with van der Waals surface area (Å²) in [6.07, 6.45) is -24.7. The second-order valence-electron chi connectivity index (χ2n) is 25.9. The highest BCUT2D eigenvalue weighted by Crippen LogP contribution is 2.74. The van der Waals surface area contributed by atoms with Crippen molar-refractivity contribution in [1.82, 2.24) is 0 Å². The molecule has 5 aliphatic carbocycles. The number of hydrogen-bond donors (Lipinski definition) is 14. The Labute approximate surface area is 444 Å². The minimum atomic E-state index is -2.02. The minimum Gasteiger partial charge on any atom is -0.396 e. The van der Waals surface area contributed by atoms with E-state index in [2.05, 4.69) is 46.8 Å². The SMILES string of the molecule is C[C@@H]1O[C@@H](O[C@H]2[C@H](O)[C@@H](O)[C@H](O[C@H]3[C@@H](O)[C@@H](C)O[C@@H](O[C@H]4CC[C@@]5(C)[C@@H](CC[C@]6(C)[C@@H]5C=CC5=C7CC(C)(C)CC[C@]7(CO)[C@@H](O)C[C@]56C)[C@]4(C)CO)[C@@H]3O[C@H]3O[C@@H](CO)[C@H](O)[C@@H](O)[C@@H]3O)O[C@@H]2CO)[C@H](O)[C@H](O)[C@H]1O. The zero-order valence-electron chi connectivity index (χ0n) is 45.0. The van der Waals surface area contributed by atoms with Crippen molar-refractivity contribution in [3.05, 3.63) is 23.3 Å². The molecule has 22 heteroatoms. The summed E-state index contributed by atoms with van der Waals surface area (Å²) in [5.74, 6) is -0.152. The van der Waals surface area contributed by atoms with Crippen LogP contribution in [-0.4, -0.2) is 233 Å². The smallest absolute Gasteiger partial charge is 0.187 e. The van der Waals surface area contributed by atoms with Gasteiger partial charge in [-0.05, 0) is 98.9 Å². The van der Waals surface area contributed by atoms with Crippen LogP contribution in [0.2, 0.25) is 0 Å². The second kappa shape index (κ2) is 21.4. The molecule has 0 aromatic heterocycles. The van der Waals surface area contributed by atoms with Gasteiger partial charge in [-0.1, -0.05) is 59.3 Å². The molecule has 22 nitrogen and oxygen atoms in total. The molecule has 4 aliphatic heterocycles. The highest BCUT2D eigenvalue weighted by Gasteiger charge is 2.69. The molecule has 0 amide bonds. The fourth-order valence-corrected chi connectivity index (χ4v) is 15.9. The summed E-state index contributed by atoms with van der Waals surface area (Å²) in [7, 11) is 0. The van der Waals surface area contributed by atoms with Crippen LogP contribution in [-0.2, 0) is 37.9 Å². The highest BCUT2D eigenvalue weighted by molar-refractivity contribution is 5.47. The van der Waals surface area contributed by atoms with E-state index >= 15 is 0 Å². The third-order valence-corrected chi connectivity index (χ3v) is 21.0. The predicted octanol–water partition coefficient (Wildman–Crippen LogP) is -1.64. The van der Waals surface area contributed by atoms with Gasteiger partial charge in [0.1, 0.15) is 85.5 Å². The van der Waals surface area contributed by atoms with Gasteiger partial charge >= 0.3 is 0 Å². The number of hydrogen-bond acceptors (Lipinski definition) is 22. The zero-order valence-corrected chi connectivity index (χ0v) is 45.0. The Morgan fingerprint density at radius 1 is 0.539 bits per heavy atom. The number of fused-ring (bicyclic) bond motifs is 6. The summed E-state index contributed by atoms with van der Waals surface area (Å²) in [5, 5.41) is 155. The fourth-order valence-electron chi connectivity index (χ4n) is 15.9. The summed E-state index contributed by atoms with van der Waals surface area (Å²) in [5.41, 5.74) is -0.424. The first kappa shape index (κ1) is 59.2. The molecule has 436 valence electrons. The van der Waals surface area contributed by atoms with Crippen molar-refractivity contribution in [3.63, 3.8) is 0 Å². The van der Waals surface area contributed by atoms with Gasteiger partial charge in [-0.25, -0.2) is 0 Å². The first-order valence-electron chi connectivity index (χ1n) is 27.5. The predicted molar refractivity (Wildman–Crippen MR) is 263 cm³/mol. The second-order valence-corrected chi connectivity index (χ2v) is 25.9. The maximum absolute atomic E-state index is 12.2. The average Bonchev–Trinajstić information content (AvgIpc) is 3.57. The summed E-state index contributed by atoms with van der Waals surface area (Å²) < 4.78 is 49.2. The topological polar surface area (TPSA) is 357 Å². The fraction of sp³-hybridized carbons (Fsp3) is 0.926. The van der Waals surface area contributed by atoms with E-state index in [0.717, 1.165) is 19.3 Å². The Morgan fingerprint density at radius 2 is 1.11 bits per heavy atom. The van der Waals surface area contributed by atoms with E-state index in [1.807, 2.05) is 6.92 Å². The Kier molecular flexibility index (Phi) is 16.7. The summed E-state index contributed by atoms with van der Waals surface area (Å²) >= 11 is 0. The van der Waals surface area contributed by atoms with Crippen molar-refractivity contribution < 1.29 is 109 Å². The lowest BCUT2D eigenvalue weighted by Crippen LogP contribution is -2.68. The van der Waals surface area contributed by atoms with Crippen LogP contribution in [0.4, 0.5) is 0 Å². The normalized spacial score (nSPS) is 55.3. The van der Waals surface area contributed by atoms with Gasteiger partial charge < -0.3 is 109 Å². The molecule has 0 spiro atoms. The van der Waals surface area contributed by atoms with Crippen LogP contribution in [0.5, 0.6) is 0 Å². The van der Waals surface area contributed by atoms with Gasteiger partial charge in [0.25, 0.3) is 0 Å². The lowest BCUT2D eigenvalue weighted by Gasteiger charge is -2.70. The number of ether oxygens (including phenoxy) is 8. The number of rotatable bonds is 12. The molecule has 4 heterocycles. The number of aliphatic hydroxyl groups is 14. The Hall–Kier alpha value is -1.40. The molecule has 0 bridgehead atoms. The van der Waals surface area contributed by atoms with Crippen molar-refractivity contribution in [2.75, 3.05) is 26.4 Å². The average molecular weight is 1090 g/mol. The Morgan fingerprint density at radius 3 is 1.74 bits per heavy atom. The maximum atomic E-state index is 12.2. The summed E-state index contributed by atoms with van der Waals surface area (Å²) in [6.45, 7) is 14.2. The molecular weight excluding hydrogens is 1000 g/mol. The number of aliphatic hydroxyl groups excluding tert-OH is 14. The van der Waals surface area contributed by atoms with Gasteiger partial charge in [-0.3, -0.25) is 0 Å². The standard InChI is InChI=1S/C54H88O22/c1-23-33(60)36(63)39(66)45(69-23)74-42-28(20-56)72-47(41(68)38(42)65)75-43-34(61)24(2)70-48(44(43)76-46-40(67)37(64)35(62)27(19-55)71-46)73-32-12-13-50(5)29(51(32,6)21-57)11-14-52(7)30(50)10-9-25-26-17-49(3,4)15-16-54(26,22-58)31(59)18-53(25,52)8/h9-10,23-24,27-48,55-68H,11-22H2,1-8H3/t23-,24+,27-,28+,29+,30+,31-,32-,33-,34-,35-,36+,37+,38+,39+,40-,41+,42+,43-,44+,45-,46+,47-,48-,50-,51-,52+,53+,54+/m0/s1. The van der Waals surface area contributed by atoms with Crippen molar-refractivity contribution in [1.29, 1.82) is 0 Å². The summed E-state index contributed by atoms with van der Waals surface area (Å²) in [6, 6.07) is 0. The first-order chi connectivity index (χ1) is 35.6. The van der Waals surface area contributed by atoms with Gasteiger partial charge in [0, 0.05) is 16.2 Å². The van der Waals surface area contributed by atoms with E-state index < -0.39 is 170 Å². The van der Waals surface area contributed by atoms with Gasteiger partial charge in [-0.15, -0.1) is 0 Å². The van der Waals surface area contributed by atoms with Crippen LogP contribution in [0.25, 0.3) is 0 Å². The van der Waals surface area contributed by atoms with Crippen LogP contribution in [0, 0.1) is 44.3 Å². The van der Waals surface area contributed by atoms with E-state index in [1.54, 1.807) is 0 Å². The maximum Gasteiger partial charge on any atom is 0.187 e. The molecule has 14 N–H and O–H groups in total.